The average Bonchev–Trinajstić information content (AvgIpc) is 2.84. The molecule has 0 fully saturated rings. The molecule has 2 heterocycles. The van der Waals surface area contributed by atoms with Crippen LogP contribution in [0.1, 0.15) is 33.5 Å². The Morgan fingerprint density at radius 1 is 1.14 bits per heavy atom. The Bertz CT molecular complexity index is 567. The summed E-state index contributed by atoms with van der Waals surface area (Å²) < 4.78 is 0. The summed E-state index contributed by atoms with van der Waals surface area (Å²) in [6, 6.07) is 2.08. The number of fused-ring (bicyclic) bond motifs is 1. The summed E-state index contributed by atoms with van der Waals surface area (Å²) in [5, 5.41) is 6.38. The van der Waals surface area contributed by atoms with Crippen LogP contribution in [0.2, 0.25) is 0 Å². The third-order valence-corrected chi connectivity index (χ3v) is 4.03. The van der Waals surface area contributed by atoms with E-state index in [9.17, 15) is 0 Å². The molecule has 0 aromatic carbocycles. The fourth-order valence-electron chi connectivity index (χ4n) is 2.60. The fourth-order valence-corrected chi connectivity index (χ4v) is 3.38. The van der Waals surface area contributed by atoms with Crippen molar-refractivity contribution >= 4 is 27.4 Å². The molecule has 1 N–H and O–H groups in total. The smallest absolute Gasteiger partial charge is 0.146 e. The molecule has 0 atom stereocenters. The maximum Gasteiger partial charge on any atom is 0.146 e. The summed E-state index contributed by atoms with van der Waals surface area (Å²) in [5.74, 6) is 3.15. The second-order valence-electron chi connectivity index (χ2n) is 6.36. The third-order valence-electron chi connectivity index (χ3n) is 3.22. The van der Waals surface area contributed by atoms with Crippen molar-refractivity contribution in [3.63, 3.8) is 0 Å². The van der Waals surface area contributed by atoms with E-state index in [1.807, 2.05) is 7.05 Å². The van der Waals surface area contributed by atoms with E-state index in [1.54, 1.807) is 11.3 Å². The zero-order valence-corrected chi connectivity index (χ0v) is 14.5. The van der Waals surface area contributed by atoms with Gasteiger partial charge in [-0.3, -0.25) is 4.90 Å². The van der Waals surface area contributed by atoms with Gasteiger partial charge in [0, 0.05) is 20.1 Å². The van der Waals surface area contributed by atoms with Crippen molar-refractivity contribution in [1.29, 1.82) is 0 Å². The van der Waals surface area contributed by atoms with Gasteiger partial charge < -0.3 is 5.32 Å². The Hall–Kier alpha value is -1.20. The zero-order chi connectivity index (χ0) is 15.4. The van der Waals surface area contributed by atoms with Crippen LogP contribution in [0.3, 0.4) is 0 Å². The molecule has 5 heteroatoms. The first-order chi connectivity index (χ1) is 9.99. The standard InChI is InChI=1S/C16H26N4S/c1-11(2)8-20(9-12(3)4)10-14-18-15(17-5)13-6-7-21-16(13)19-14/h6-7,11-12H,8-10H2,1-5H3,(H,17,18,19). The number of thiophene rings is 1. The number of hydrogen-bond donors (Lipinski definition) is 1. The second kappa shape index (κ2) is 7.18. The van der Waals surface area contributed by atoms with E-state index >= 15 is 0 Å². The van der Waals surface area contributed by atoms with Gasteiger partial charge in [-0.2, -0.15) is 0 Å². The Labute approximate surface area is 131 Å². The quantitative estimate of drug-likeness (QED) is 0.843. The summed E-state index contributed by atoms with van der Waals surface area (Å²) in [7, 11) is 1.92. The summed E-state index contributed by atoms with van der Waals surface area (Å²) >= 11 is 1.68. The zero-order valence-electron chi connectivity index (χ0n) is 13.7. The van der Waals surface area contributed by atoms with Crippen LogP contribution in [0.4, 0.5) is 5.82 Å². The topological polar surface area (TPSA) is 41.1 Å². The van der Waals surface area contributed by atoms with E-state index in [-0.39, 0.29) is 0 Å². The third kappa shape index (κ3) is 4.38. The van der Waals surface area contributed by atoms with Crippen LogP contribution in [0.5, 0.6) is 0 Å². The molecule has 0 bridgehead atoms. The van der Waals surface area contributed by atoms with Crippen LogP contribution in [-0.2, 0) is 6.54 Å². The van der Waals surface area contributed by atoms with Crippen LogP contribution in [0, 0.1) is 11.8 Å². The minimum Gasteiger partial charge on any atom is -0.372 e. The maximum atomic E-state index is 4.72. The van der Waals surface area contributed by atoms with Crippen molar-refractivity contribution in [2.24, 2.45) is 11.8 Å². The van der Waals surface area contributed by atoms with Crippen molar-refractivity contribution in [3.8, 4) is 0 Å². The monoisotopic (exact) mass is 306 g/mol. The Kier molecular flexibility index (Phi) is 5.53. The number of anilines is 1. The molecule has 0 aliphatic rings. The lowest BCUT2D eigenvalue weighted by molar-refractivity contribution is 0.207. The highest BCUT2D eigenvalue weighted by Gasteiger charge is 2.14. The maximum absolute atomic E-state index is 4.72. The molecule has 116 valence electrons. The van der Waals surface area contributed by atoms with Crippen molar-refractivity contribution in [2.45, 2.75) is 34.2 Å². The first-order valence-corrected chi connectivity index (χ1v) is 8.51. The lowest BCUT2D eigenvalue weighted by atomic mass is 10.1. The van der Waals surface area contributed by atoms with Gasteiger partial charge in [-0.15, -0.1) is 11.3 Å². The van der Waals surface area contributed by atoms with Crippen molar-refractivity contribution < 1.29 is 0 Å². The molecule has 2 aromatic heterocycles. The number of rotatable bonds is 7. The minimum atomic E-state index is 0.651. The molecular formula is C16H26N4S. The van der Waals surface area contributed by atoms with Crippen LogP contribution < -0.4 is 5.32 Å². The van der Waals surface area contributed by atoms with E-state index < -0.39 is 0 Å². The highest BCUT2D eigenvalue weighted by molar-refractivity contribution is 7.16. The molecule has 2 aromatic rings. The summed E-state index contributed by atoms with van der Waals surface area (Å²) in [6.45, 7) is 12.0. The minimum absolute atomic E-state index is 0.651. The normalized spacial score (nSPS) is 12.0. The molecule has 0 amide bonds. The number of nitrogens with one attached hydrogen (secondary N) is 1. The summed E-state index contributed by atoms with van der Waals surface area (Å²) in [6.07, 6.45) is 0. The largest absolute Gasteiger partial charge is 0.372 e. The van der Waals surface area contributed by atoms with Gasteiger partial charge in [0.05, 0.1) is 11.9 Å². The molecule has 21 heavy (non-hydrogen) atoms. The van der Waals surface area contributed by atoms with Gasteiger partial charge in [0.25, 0.3) is 0 Å². The van der Waals surface area contributed by atoms with E-state index in [4.69, 9.17) is 4.98 Å². The van der Waals surface area contributed by atoms with Gasteiger partial charge in [-0.1, -0.05) is 27.7 Å². The first-order valence-electron chi connectivity index (χ1n) is 7.63. The van der Waals surface area contributed by atoms with Crippen molar-refractivity contribution in [1.82, 2.24) is 14.9 Å². The molecular weight excluding hydrogens is 280 g/mol. The summed E-state index contributed by atoms with van der Waals surface area (Å²) in [5.41, 5.74) is 0. The Balaban J connectivity index is 2.22. The van der Waals surface area contributed by atoms with Gasteiger partial charge in [0.15, 0.2) is 0 Å². The molecule has 4 nitrogen and oxygen atoms in total. The van der Waals surface area contributed by atoms with Crippen molar-refractivity contribution in [2.75, 3.05) is 25.5 Å². The lowest BCUT2D eigenvalue weighted by Crippen LogP contribution is -2.31. The lowest BCUT2D eigenvalue weighted by Gasteiger charge is -2.25. The van der Waals surface area contributed by atoms with Gasteiger partial charge in [0.2, 0.25) is 0 Å². The second-order valence-corrected chi connectivity index (χ2v) is 7.25. The predicted octanol–water partition coefficient (Wildman–Crippen LogP) is 3.85. The predicted molar refractivity (Wildman–Crippen MR) is 91.9 cm³/mol. The SMILES string of the molecule is CNc1nc(CN(CC(C)C)CC(C)C)nc2sccc12. The number of hydrogen-bond acceptors (Lipinski definition) is 5. The highest BCUT2D eigenvalue weighted by Crippen LogP contribution is 2.25. The molecule has 0 spiro atoms. The molecule has 2 rings (SSSR count). The molecule has 0 radical (unpaired) electrons. The Morgan fingerprint density at radius 2 is 1.81 bits per heavy atom. The molecule has 0 saturated heterocycles. The summed E-state index contributed by atoms with van der Waals surface area (Å²) in [4.78, 5) is 12.9. The van der Waals surface area contributed by atoms with E-state index in [0.717, 1.165) is 41.5 Å². The van der Waals surface area contributed by atoms with Crippen LogP contribution in [0.25, 0.3) is 10.2 Å². The number of nitrogens with zero attached hydrogens (tertiary/aromatic N) is 3. The number of aromatic nitrogens is 2. The van der Waals surface area contributed by atoms with Crippen LogP contribution in [0.15, 0.2) is 11.4 Å². The average molecular weight is 306 g/mol. The van der Waals surface area contributed by atoms with Crippen LogP contribution in [-0.4, -0.2) is 35.0 Å². The van der Waals surface area contributed by atoms with Gasteiger partial charge in [-0.25, -0.2) is 9.97 Å². The van der Waals surface area contributed by atoms with E-state index in [2.05, 4.69) is 54.3 Å². The van der Waals surface area contributed by atoms with Crippen molar-refractivity contribution in [3.05, 3.63) is 17.3 Å². The first kappa shape index (κ1) is 16.2. The molecule has 0 aliphatic carbocycles. The van der Waals surface area contributed by atoms with Gasteiger partial charge in [0.1, 0.15) is 16.5 Å². The molecule has 0 unspecified atom stereocenters. The molecule has 0 saturated carbocycles. The Morgan fingerprint density at radius 3 is 2.38 bits per heavy atom. The van der Waals surface area contributed by atoms with Crippen LogP contribution >= 0.6 is 11.3 Å². The van der Waals surface area contributed by atoms with E-state index in [0.29, 0.717) is 11.8 Å². The van der Waals surface area contributed by atoms with Gasteiger partial charge in [-0.05, 0) is 23.3 Å². The van der Waals surface area contributed by atoms with Gasteiger partial charge >= 0.3 is 0 Å². The highest BCUT2D eigenvalue weighted by atomic mass is 32.1. The molecule has 0 aliphatic heterocycles. The fraction of sp³-hybridized carbons (Fsp3) is 0.625. The van der Waals surface area contributed by atoms with E-state index in [1.165, 1.54) is 0 Å².